The molecule has 0 amide bonds. The molecule has 0 bridgehead atoms. The molecule has 0 aliphatic heterocycles. The highest BCUT2D eigenvalue weighted by Crippen LogP contribution is 2.24. The second kappa shape index (κ2) is 5.76. The molecular formula is C10H22. The van der Waals surface area contributed by atoms with E-state index in [1.54, 1.807) is 0 Å². The Morgan fingerprint density at radius 1 is 0.600 bits per heavy atom. The van der Waals surface area contributed by atoms with Gasteiger partial charge in [0.25, 0.3) is 0 Å². The van der Waals surface area contributed by atoms with Crippen LogP contribution in [0.3, 0.4) is 0 Å². The van der Waals surface area contributed by atoms with Crippen LogP contribution in [0.1, 0.15) is 53.4 Å². The maximum absolute atomic E-state index is 2.31. The molecule has 10 heavy (non-hydrogen) atoms. The van der Waals surface area contributed by atoms with Crippen molar-refractivity contribution in [1.82, 2.24) is 0 Å². The molecule has 0 heterocycles. The van der Waals surface area contributed by atoms with E-state index in [1.165, 1.54) is 25.7 Å². The molecule has 0 unspecified atom stereocenters. The second-order valence-corrected chi connectivity index (χ2v) is 3.15. The Balaban J connectivity index is 3.70. The van der Waals surface area contributed by atoms with Gasteiger partial charge in [-0.15, -0.1) is 0 Å². The quantitative estimate of drug-likeness (QED) is 0.547. The minimum absolute atomic E-state index is 0.981. The summed E-state index contributed by atoms with van der Waals surface area (Å²) in [5, 5.41) is 0. The van der Waals surface area contributed by atoms with E-state index in [2.05, 4.69) is 27.7 Å². The molecule has 0 spiro atoms. The van der Waals surface area contributed by atoms with E-state index in [0.717, 1.165) is 11.8 Å². The van der Waals surface area contributed by atoms with Gasteiger partial charge in [0.2, 0.25) is 0 Å². The molecule has 0 aliphatic carbocycles. The molecule has 0 saturated heterocycles. The minimum Gasteiger partial charge on any atom is -0.0651 e. The van der Waals surface area contributed by atoms with Crippen molar-refractivity contribution in [2.75, 3.05) is 0 Å². The maximum atomic E-state index is 2.31. The molecule has 0 aromatic heterocycles. The average Bonchev–Trinajstić information content (AvgIpc) is 2.00. The molecule has 0 N–H and O–H groups in total. The molecule has 62 valence electrons. The van der Waals surface area contributed by atoms with E-state index >= 15 is 0 Å². The first-order chi connectivity index (χ1) is 4.79. The van der Waals surface area contributed by atoms with Gasteiger partial charge in [-0.05, 0) is 11.8 Å². The molecule has 0 radical (unpaired) electrons. The Morgan fingerprint density at radius 2 is 0.800 bits per heavy atom. The molecule has 0 nitrogen and oxygen atoms in total. The van der Waals surface area contributed by atoms with Crippen LogP contribution < -0.4 is 0 Å². The second-order valence-electron chi connectivity index (χ2n) is 3.15. The van der Waals surface area contributed by atoms with E-state index in [1.807, 2.05) is 0 Å². The predicted molar refractivity (Wildman–Crippen MR) is 48.1 cm³/mol. The number of hydrogen-bond acceptors (Lipinski definition) is 0. The summed E-state index contributed by atoms with van der Waals surface area (Å²) in [6, 6.07) is 0. The zero-order valence-corrected chi connectivity index (χ0v) is 7.98. The predicted octanol–water partition coefficient (Wildman–Crippen LogP) is 3.86. The van der Waals surface area contributed by atoms with Crippen molar-refractivity contribution in [3.8, 4) is 0 Å². The zero-order chi connectivity index (χ0) is 7.98. The van der Waals surface area contributed by atoms with Gasteiger partial charge in [0.05, 0.1) is 0 Å². The highest BCUT2D eigenvalue weighted by Gasteiger charge is 2.13. The van der Waals surface area contributed by atoms with E-state index < -0.39 is 0 Å². The van der Waals surface area contributed by atoms with Crippen molar-refractivity contribution < 1.29 is 0 Å². The van der Waals surface area contributed by atoms with Gasteiger partial charge in [-0.2, -0.15) is 0 Å². The van der Waals surface area contributed by atoms with Gasteiger partial charge < -0.3 is 0 Å². The first kappa shape index (κ1) is 10.0. The van der Waals surface area contributed by atoms with Gasteiger partial charge in [0.15, 0.2) is 0 Å². The molecule has 0 rings (SSSR count). The first-order valence-electron chi connectivity index (χ1n) is 4.79. The Labute approximate surface area is 66.0 Å². The Morgan fingerprint density at radius 3 is 0.900 bits per heavy atom. The van der Waals surface area contributed by atoms with Gasteiger partial charge in [-0.25, -0.2) is 0 Å². The third-order valence-electron chi connectivity index (χ3n) is 2.76. The van der Waals surface area contributed by atoms with Crippen molar-refractivity contribution in [3.63, 3.8) is 0 Å². The lowest BCUT2D eigenvalue weighted by Gasteiger charge is -2.22. The molecule has 0 fully saturated rings. The topological polar surface area (TPSA) is 0 Å². The fraction of sp³-hybridized carbons (Fsp3) is 1.00. The summed E-state index contributed by atoms with van der Waals surface area (Å²) in [5.41, 5.74) is 0. The summed E-state index contributed by atoms with van der Waals surface area (Å²) in [6.45, 7) is 9.25. The van der Waals surface area contributed by atoms with Crippen molar-refractivity contribution in [2.24, 2.45) is 11.8 Å². The lowest BCUT2D eigenvalue weighted by molar-refractivity contribution is 0.295. The van der Waals surface area contributed by atoms with Crippen LogP contribution in [0.15, 0.2) is 0 Å². The Bertz CT molecular complexity index is 48.4. The fourth-order valence-electron chi connectivity index (χ4n) is 1.91. The minimum atomic E-state index is 0.981. The van der Waals surface area contributed by atoms with E-state index in [0.29, 0.717) is 0 Å². The summed E-state index contributed by atoms with van der Waals surface area (Å²) in [5.74, 6) is 1.96. The highest BCUT2D eigenvalue weighted by atomic mass is 14.2. The van der Waals surface area contributed by atoms with Crippen LogP contribution >= 0.6 is 0 Å². The summed E-state index contributed by atoms with van der Waals surface area (Å²) in [7, 11) is 0. The third-order valence-corrected chi connectivity index (χ3v) is 2.76. The SMILES string of the molecule is CCC(CC)C(CC)CC. The lowest BCUT2D eigenvalue weighted by atomic mass is 9.84. The third kappa shape index (κ3) is 2.72. The van der Waals surface area contributed by atoms with Gasteiger partial charge in [0.1, 0.15) is 0 Å². The van der Waals surface area contributed by atoms with E-state index in [-0.39, 0.29) is 0 Å². The summed E-state index contributed by atoms with van der Waals surface area (Å²) >= 11 is 0. The standard InChI is InChI=1S/C10H22/c1-5-9(6-2)10(7-3)8-4/h9-10H,5-8H2,1-4H3. The van der Waals surface area contributed by atoms with Crippen molar-refractivity contribution >= 4 is 0 Å². The maximum Gasteiger partial charge on any atom is -0.0391 e. The van der Waals surface area contributed by atoms with Gasteiger partial charge in [-0.1, -0.05) is 53.4 Å². The van der Waals surface area contributed by atoms with E-state index in [4.69, 9.17) is 0 Å². The fourth-order valence-corrected chi connectivity index (χ4v) is 1.91. The van der Waals surface area contributed by atoms with Crippen LogP contribution in [0, 0.1) is 11.8 Å². The molecule has 0 atom stereocenters. The van der Waals surface area contributed by atoms with Crippen molar-refractivity contribution in [2.45, 2.75) is 53.4 Å². The molecule has 0 aromatic carbocycles. The van der Waals surface area contributed by atoms with Gasteiger partial charge in [0, 0.05) is 0 Å². The van der Waals surface area contributed by atoms with Crippen LogP contribution in [0.5, 0.6) is 0 Å². The molecule has 0 heteroatoms. The van der Waals surface area contributed by atoms with Crippen LogP contribution in [-0.2, 0) is 0 Å². The van der Waals surface area contributed by atoms with Crippen molar-refractivity contribution in [1.29, 1.82) is 0 Å². The number of rotatable bonds is 5. The van der Waals surface area contributed by atoms with Crippen LogP contribution in [-0.4, -0.2) is 0 Å². The largest absolute Gasteiger partial charge is 0.0651 e. The van der Waals surface area contributed by atoms with Gasteiger partial charge >= 0.3 is 0 Å². The number of hydrogen-bond donors (Lipinski definition) is 0. The monoisotopic (exact) mass is 142 g/mol. The Kier molecular flexibility index (Phi) is 5.76. The Hall–Kier alpha value is 0. The molecule has 0 aromatic rings. The highest BCUT2D eigenvalue weighted by molar-refractivity contribution is 4.64. The zero-order valence-electron chi connectivity index (χ0n) is 7.98. The normalized spacial score (nSPS) is 11.4. The molecular weight excluding hydrogens is 120 g/mol. The van der Waals surface area contributed by atoms with E-state index in [9.17, 15) is 0 Å². The summed E-state index contributed by atoms with van der Waals surface area (Å²) in [6.07, 6.45) is 5.46. The van der Waals surface area contributed by atoms with Crippen LogP contribution in [0.25, 0.3) is 0 Å². The molecule has 0 aliphatic rings. The summed E-state index contributed by atoms with van der Waals surface area (Å²) in [4.78, 5) is 0. The lowest BCUT2D eigenvalue weighted by Crippen LogP contribution is -2.11. The molecule has 0 saturated carbocycles. The summed E-state index contributed by atoms with van der Waals surface area (Å²) < 4.78 is 0. The van der Waals surface area contributed by atoms with Crippen LogP contribution in [0.2, 0.25) is 0 Å². The van der Waals surface area contributed by atoms with Crippen LogP contribution in [0.4, 0.5) is 0 Å². The average molecular weight is 142 g/mol. The first-order valence-corrected chi connectivity index (χ1v) is 4.79. The van der Waals surface area contributed by atoms with Gasteiger partial charge in [-0.3, -0.25) is 0 Å². The smallest absolute Gasteiger partial charge is 0.0391 e. The van der Waals surface area contributed by atoms with Crippen molar-refractivity contribution in [3.05, 3.63) is 0 Å².